The Kier molecular flexibility index (Phi) is 4.40. The maximum absolute atomic E-state index is 13.4. The summed E-state index contributed by atoms with van der Waals surface area (Å²) in [5.74, 6) is 0.104. The first-order valence-corrected chi connectivity index (χ1v) is 10.5. The predicted molar refractivity (Wildman–Crippen MR) is 110 cm³/mol. The number of carbonyl (C=O) groups is 2. The summed E-state index contributed by atoms with van der Waals surface area (Å²) in [5.41, 5.74) is 2.75. The standard InChI is InChI=1S/C22H28N4O3/c1-22(2)20-16(15-5-3-4-6-17(15)23-20)13-18-21(28)25(14-19(27)26(18)22)8-7-24-9-11-29-12-10-24/h3-6,18,23H,7-14H2,1-2H3/t18-/m0/s1. The van der Waals surface area contributed by atoms with E-state index >= 15 is 0 Å². The van der Waals surface area contributed by atoms with Crippen molar-refractivity contribution in [1.82, 2.24) is 19.7 Å². The molecule has 0 unspecified atom stereocenters. The second-order valence-electron chi connectivity index (χ2n) is 8.78. The van der Waals surface area contributed by atoms with Crippen molar-refractivity contribution >= 4 is 22.7 Å². The number of aromatic nitrogens is 1. The van der Waals surface area contributed by atoms with Crippen molar-refractivity contribution < 1.29 is 14.3 Å². The van der Waals surface area contributed by atoms with E-state index in [4.69, 9.17) is 4.74 Å². The lowest BCUT2D eigenvalue weighted by Gasteiger charge is -2.51. The number of para-hydroxylation sites is 1. The van der Waals surface area contributed by atoms with Crippen molar-refractivity contribution in [2.45, 2.75) is 31.8 Å². The van der Waals surface area contributed by atoms with Crippen molar-refractivity contribution in [1.29, 1.82) is 0 Å². The maximum Gasteiger partial charge on any atom is 0.246 e. The van der Waals surface area contributed by atoms with E-state index in [1.54, 1.807) is 4.90 Å². The number of fused-ring (bicyclic) bond motifs is 4. The molecule has 2 aromatic rings. The molecular weight excluding hydrogens is 368 g/mol. The Morgan fingerprint density at radius 1 is 1.14 bits per heavy atom. The molecule has 0 aliphatic carbocycles. The molecule has 5 rings (SSSR count). The molecule has 0 saturated carbocycles. The first-order chi connectivity index (χ1) is 14.0. The van der Waals surface area contributed by atoms with Crippen molar-refractivity contribution in [3.63, 3.8) is 0 Å². The van der Waals surface area contributed by atoms with Crippen LogP contribution in [0.15, 0.2) is 24.3 Å². The largest absolute Gasteiger partial charge is 0.379 e. The summed E-state index contributed by atoms with van der Waals surface area (Å²) in [7, 11) is 0. The van der Waals surface area contributed by atoms with Gasteiger partial charge >= 0.3 is 0 Å². The molecule has 2 amide bonds. The molecule has 3 aliphatic heterocycles. The summed E-state index contributed by atoms with van der Waals surface area (Å²) in [6.45, 7) is 8.88. The maximum atomic E-state index is 13.4. The average Bonchev–Trinajstić information content (AvgIpc) is 3.10. The van der Waals surface area contributed by atoms with E-state index in [0.717, 1.165) is 49.4 Å². The number of ether oxygens (including phenoxy) is 1. The zero-order valence-electron chi connectivity index (χ0n) is 17.1. The van der Waals surface area contributed by atoms with Crippen molar-refractivity contribution in [2.24, 2.45) is 0 Å². The molecule has 7 heteroatoms. The second-order valence-corrected chi connectivity index (χ2v) is 8.78. The Labute approximate surface area is 170 Å². The molecule has 7 nitrogen and oxygen atoms in total. The van der Waals surface area contributed by atoms with Crippen LogP contribution < -0.4 is 0 Å². The van der Waals surface area contributed by atoms with Crippen LogP contribution in [0.25, 0.3) is 10.9 Å². The van der Waals surface area contributed by atoms with Crippen LogP contribution in [-0.2, 0) is 26.3 Å². The Morgan fingerprint density at radius 3 is 2.69 bits per heavy atom. The van der Waals surface area contributed by atoms with Gasteiger partial charge in [-0.1, -0.05) is 18.2 Å². The third-order valence-corrected chi connectivity index (χ3v) is 6.72. The highest BCUT2D eigenvalue weighted by Crippen LogP contribution is 2.42. The number of amides is 2. The fourth-order valence-corrected chi connectivity index (χ4v) is 5.22. The van der Waals surface area contributed by atoms with Gasteiger partial charge in [0.1, 0.15) is 6.04 Å². The van der Waals surface area contributed by atoms with Crippen LogP contribution in [0.2, 0.25) is 0 Å². The number of nitrogens with zero attached hydrogens (tertiary/aromatic N) is 3. The van der Waals surface area contributed by atoms with Gasteiger partial charge in [0.15, 0.2) is 0 Å². The number of aromatic amines is 1. The molecule has 4 heterocycles. The second kappa shape index (κ2) is 6.85. The molecule has 154 valence electrons. The third-order valence-electron chi connectivity index (χ3n) is 6.72. The lowest BCUT2D eigenvalue weighted by molar-refractivity contribution is -0.164. The van der Waals surface area contributed by atoms with Gasteiger partial charge in [0.2, 0.25) is 11.8 Å². The zero-order chi connectivity index (χ0) is 20.2. The van der Waals surface area contributed by atoms with Gasteiger partial charge in [-0.15, -0.1) is 0 Å². The van der Waals surface area contributed by atoms with E-state index in [1.165, 1.54) is 5.56 Å². The highest BCUT2D eigenvalue weighted by Gasteiger charge is 2.51. The Bertz CT molecular complexity index is 960. The minimum absolute atomic E-state index is 0.0332. The van der Waals surface area contributed by atoms with E-state index in [9.17, 15) is 9.59 Å². The van der Waals surface area contributed by atoms with Gasteiger partial charge in [0.25, 0.3) is 0 Å². The molecule has 1 N–H and O–H groups in total. The number of H-pyrrole nitrogens is 1. The van der Waals surface area contributed by atoms with Crippen molar-refractivity contribution in [2.75, 3.05) is 45.9 Å². The molecule has 1 aromatic heterocycles. The quantitative estimate of drug-likeness (QED) is 0.850. The van der Waals surface area contributed by atoms with Crippen LogP contribution >= 0.6 is 0 Å². The molecule has 29 heavy (non-hydrogen) atoms. The fourth-order valence-electron chi connectivity index (χ4n) is 5.22. The molecule has 0 radical (unpaired) electrons. The molecule has 2 fully saturated rings. The molecule has 0 bridgehead atoms. The molecule has 1 aromatic carbocycles. The van der Waals surface area contributed by atoms with Crippen molar-refractivity contribution in [3.8, 4) is 0 Å². The summed E-state index contributed by atoms with van der Waals surface area (Å²) >= 11 is 0. The van der Waals surface area contributed by atoms with E-state index in [1.807, 2.05) is 30.9 Å². The lowest BCUT2D eigenvalue weighted by Crippen LogP contribution is -2.67. The SMILES string of the molecule is CC1(C)c2[nH]c3ccccc3c2C[C@H]2C(=O)N(CCN3CCOCC3)CC(=O)N21. The summed E-state index contributed by atoms with van der Waals surface area (Å²) < 4.78 is 5.40. The summed E-state index contributed by atoms with van der Waals surface area (Å²) in [6.07, 6.45) is 0.571. The number of hydrogen-bond acceptors (Lipinski definition) is 4. The first kappa shape index (κ1) is 18.6. The lowest BCUT2D eigenvalue weighted by atomic mass is 9.82. The molecule has 3 aliphatic rings. The Balaban J connectivity index is 1.43. The van der Waals surface area contributed by atoms with Gasteiger partial charge in [-0.2, -0.15) is 0 Å². The summed E-state index contributed by atoms with van der Waals surface area (Å²) in [6, 6.07) is 7.76. The van der Waals surface area contributed by atoms with Crippen LogP contribution in [0.5, 0.6) is 0 Å². The van der Waals surface area contributed by atoms with Crippen LogP contribution in [0, 0.1) is 0 Å². The van der Waals surface area contributed by atoms with Crippen LogP contribution in [0.4, 0.5) is 0 Å². The van der Waals surface area contributed by atoms with E-state index in [0.29, 0.717) is 13.0 Å². The average molecular weight is 396 g/mol. The van der Waals surface area contributed by atoms with Gasteiger partial charge < -0.3 is 19.5 Å². The highest BCUT2D eigenvalue weighted by atomic mass is 16.5. The smallest absolute Gasteiger partial charge is 0.246 e. The number of carbonyl (C=O) groups excluding carboxylic acids is 2. The van der Waals surface area contributed by atoms with Crippen LogP contribution in [-0.4, -0.2) is 83.5 Å². The molecule has 1 atom stereocenters. The molecule has 2 saturated heterocycles. The van der Waals surface area contributed by atoms with Crippen LogP contribution in [0.3, 0.4) is 0 Å². The van der Waals surface area contributed by atoms with Crippen LogP contribution in [0.1, 0.15) is 25.1 Å². The normalized spacial score (nSPS) is 24.7. The zero-order valence-corrected chi connectivity index (χ0v) is 17.1. The Hall–Kier alpha value is -2.38. The van der Waals surface area contributed by atoms with Crippen molar-refractivity contribution in [3.05, 3.63) is 35.5 Å². The minimum atomic E-state index is -0.541. The number of nitrogens with one attached hydrogen (secondary N) is 1. The first-order valence-electron chi connectivity index (χ1n) is 10.5. The van der Waals surface area contributed by atoms with Gasteiger partial charge in [0, 0.05) is 49.2 Å². The van der Waals surface area contributed by atoms with E-state index in [2.05, 4.69) is 22.0 Å². The van der Waals surface area contributed by atoms with Gasteiger partial charge in [0.05, 0.1) is 25.3 Å². The minimum Gasteiger partial charge on any atom is -0.379 e. The highest BCUT2D eigenvalue weighted by molar-refractivity contribution is 5.97. The fraction of sp³-hybridized carbons (Fsp3) is 0.545. The van der Waals surface area contributed by atoms with Gasteiger partial charge in [-0.3, -0.25) is 14.5 Å². The Morgan fingerprint density at radius 2 is 1.90 bits per heavy atom. The molecule has 0 spiro atoms. The summed E-state index contributed by atoms with van der Waals surface area (Å²) in [5, 5.41) is 1.15. The summed E-state index contributed by atoms with van der Waals surface area (Å²) in [4.78, 5) is 36.0. The number of benzene rings is 1. The number of rotatable bonds is 3. The third kappa shape index (κ3) is 2.95. The monoisotopic (exact) mass is 396 g/mol. The van der Waals surface area contributed by atoms with E-state index in [-0.39, 0.29) is 18.4 Å². The number of hydrogen-bond donors (Lipinski definition) is 1. The topological polar surface area (TPSA) is 68.9 Å². The molecular formula is C22H28N4O3. The van der Waals surface area contributed by atoms with E-state index < -0.39 is 11.6 Å². The van der Waals surface area contributed by atoms with Gasteiger partial charge in [-0.25, -0.2) is 0 Å². The predicted octanol–water partition coefficient (Wildman–Crippen LogP) is 1.33. The number of morpholine rings is 1. The number of piperazine rings is 1. The van der Waals surface area contributed by atoms with Gasteiger partial charge in [-0.05, 0) is 25.5 Å².